The molecule has 0 bridgehead atoms. The summed E-state index contributed by atoms with van der Waals surface area (Å²) in [4.78, 5) is 0. The lowest BCUT2D eigenvalue weighted by atomic mass is 9.77. The molecule has 1 nitrogen and oxygen atoms in total. The van der Waals surface area contributed by atoms with E-state index in [1.54, 1.807) is 6.07 Å². The van der Waals surface area contributed by atoms with Crippen LogP contribution >= 0.6 is 15.9 Å². The first-order chi connectivity index (χ1) is 7.09. The van der Waals surface area contributed by atoms with Crippen molar-refractivity contribution in [1.29, 1.82) is 5.26 Å². The van der Waals surface area contributed by atoms with Gasteiger partial charge in [0, 0.05) is 0 Å². The second-order valence-electron chi connectivity index (χ2n) is 3.53. The Bertz CT molecular complexity index is 391. The van der Waals surface area contributed by atoms with E-state index in [2.05, 4.69) is 22.0 Å². The molecule has 0 aliphatic heterocycles. The Kier molecular flexibility index (Phi) is 3.87. The molecule has 0 amide bonds. The molecule has 1 aromatic rings. The van der Waals surface area contributed by atoms with Crippen molar-refractivity contribution in [1.82, 2.24) is 0 Å². The highest BCUT2D eigenvalue weighted by molar-refractivity contribution is 9.10. The molecule has 80 valence electrons. The highest BCUT2D eigenvalue weighted by Crippen LogP contribution is 2.32. The quantitative estimate of drug-likeness (QED) is 0.808. The summed E-state index contributed by atoms with van der Waals surface area (Å²) in [6, 6.07) is 7.20. The van der Waals surface area contributed by atoms with Gasteiger partial charge >= 0.3 is 0 Å². The third-order valence-corrected chi connectivity index (χ3v) is 3.54. The summed E-state index contributed by atoms with van der Waals surface area (Å²) in [5, 5.41) is 9.21. The van der Waals surface area contributed by atoms with Gasteiger partial charge in [-0.2, -0.15) is 5.26 Å². The average Bonchev–Trinajstić information content (AvgIpc) is 2.26. The summed E-state index contributed by atoms with van der Waals surface area (Å²) < 4.78 is 13.8. The Morgan fingerprint density at radius 2 is 2.00 bits per heavy atom. The van der Waals surface area contributed by atoms with Gasteiger partial charge in [0.1, 0.15) is 5.82 Å². The molecule has 0 N–H and O–H groups in total. The fraction of sp³-hybridized carbons (Fsp3) is 0.417. The Morgan fingerprint density at radius 1 is 1.40 bits per heavy atom. The van der Waals surface area contributed by atoms with E-state index in [1.165, 1.54) is 6.07 Å². The van der Waals surface area contributed by atoms with Gasteiger partial charge < -0.3 is 0 Å². The van der Waals surface area contributed by atoms with Crippen molar-refractivity contribution in [2.24, 2.45) is 0 Å². The van der Waals surface area contributed by atoms with Crippen molar-refractivity contribution < 1.29 is 4.39 Å². The van der Waals surface area contributed by atoms with Gasteiger partial charge in [-0.1, -0.05) is 19.9 Å². The zero-order chi connectivity index (χ0) is 11.5. The molecule has 0 aliphatic carbocycles. The molecule has 0 fully saturated rings. The second-order valence-corrected chi connectivity index (χ2v) is 4.38. The van der Waals surface area contributed by atoms with E-state index in [4.69, 9.17) is 0 Å². The monoisotopic (exact) mass is 269 g/mol. The van der Waals surface area contributed by atoms with Crippen LogP contribution in [-0.4, -0.2) is 0 Å². The minimum absolute atomic E-state index is 0.311. The van der Waals surface area contributed by atoms with Crippen LogP contribution in [0, 0.1) is 17.1 Å². The summed E-state index contributed by atoms with van der Waals surface area (Å²) in [5.74, 6) is -0.311. The maximum absolute atomic E-state index is 13.4. The van der Waals surface area contributed by atoms with Crippen LogP contribution in [0.4, 0.5) is 4.39 Å². The van der Waals surface area contributed by atoms with Gasteiger partial charge in [-0.05, 0) is 46.5 Å². The molecule has 0 unspecified atom stereocenters. The van der Waals surface area contributed by atoms with Crippen molar-refractivity contribution in [3.63, 3.8) is 0 Å². The molecular formula is C12H13BrFN. The van der Waals surface area contributed by atoms with Crippen molar-refractivity contribution in [3.05, 3.63) is 34.1 Å². The summed E-state index contributed by atoms with van der Waals surface area (Å²) >= 11 is 3.10. The van der Waals surface area contributed by atoms with Crippen molar-refractivity contribution >= 4 is 15.9 Å². The third-order valence-electron chi connectivity index (χ3n) is 2.89. The van der Waals surface area contributed by atoms with Crippen LogP contribution < -0.4 is 0 Å². The first-order valence-electron chi connectivity index (χ1n) is 4.96. The van der Waals surface area contributed by atoms with E-state index in [-0.39, 0.29) is 5.82 Å². The van der Waals surface area contributed by atoms with Gasteiger partial charge in [-0.3, -0.25) is 0 Å². The molecule has 0 aliphatic rings. The molecule has 3 heteroatoms. The van der Waals surface area contributed by atoms with E-state index >= 15 is 0 Å². The van der Waals surface area contributed by atoms with E-state index in [0.717, 1.165) is 5.56 Å². The lowest BCUT2D eigenvalue weighted by Gasteiger charge is -2.23. The van der Waals surface area contributed by atoms with Crippen LogP contribution in [0.2, 0.25) is 0 Å². The molecule has 0 saturated carbocycles. The van der Waals surface area contributed by atoms with Gasteiger partial charge in [0.25, 0.3) is 0 Å². The van der Waals surface area contributed by atoms with Gasteiger partial charge in [0.15, 0.2) is 0 Å². The molecule has 15 heavy (non-hydrogen) atoms. The van der Waals surface area contributed by atoms with Gasteiger partial charge in [-0.25, -0.2) is 4.39 Å². The van der Waals surface area contributed by atoms with Crippen LogP contribution in [0.3, 0.4) is 0 Å². The Hall–Kier alpha value is -0.880. The number of benzene rings is 1. The zero-order valence-electron chi connectivity index (χ0n) is 8.85. The number of hydrogen-bond donors (Lipinski definition) is 0. The zero-order valence-corrected chi connectivity index (χ0v) is 10.4. The van der Waals surface area contributed by atoms with Crippen molar-refractivity contribution in [3.8, 4) is 6.07 Å². The normalized spacial score (nSPS) is 11.1. The van der Waals surface area contributed by atoms with Crippen molar-refractivity contribution in [2.45, 2.75) is 32.1 Å². The van der Waals surface area contributed by atoms with E-state index in [1.807, 2.05) is 19.9 Å². The number of rotatable bonds is 3. The predicted molar refractivity (Wildman–Crippen MR) is 62.0 cm³/mol. The second kappa shape index (κ2) is 4.76. The molecule has 1 aromatic carbocycles. The lowest BCUT2D eigenvalue weighted by molar-refractivity contribution is 0.505. The highest BCUT2D eigenvalue weighted by Gasteiger charge is 2.28. The molecular weight excluding hydrogens is 257 g/mol. The average molecular weight is 270 g/mol. The summed E-state index contributed by atoms with van der Waals surface area (Å²) in [6.45, 7) is 3.90. The highest BCUT2D eigenvalue weighted by atomic mass is 79.9. The fourth-order valence-corrected chi connectivity index (χ4v) is 1.92. The minimum atomic E-state index is -0.554. The molecule has 0 saturated heterocycles. The Morgan fingerprint density at radius 3 is 2.40 bits per heavy atom. The maximum Gasteiger partial charge on any atom is 0.137 e. The predicted octanol–water partition coefficient (Wildman–Crippen LogP) is 4.17. The van der Waals surface area contributed by atoms with E-state index in [0.29, 0.717) is 17.3 Å². The standard InChI is InChI=1S/C12H13BrFN/c1-3-12(4-2,8-15)9-5-6-10(13)11(14)7-9/h5-7H,3-4H2,1-2H3. The topological polar surface area (TPSA) is 23.8 Å². The molecule has 0 aromatic heterocycles. The van der Waals surface area contributed by atoms with Crippen LogP contribution in [0.15, 0.2) is 22.7 Å². The van der Waals surface area contributed by atoms with Crippen LogP contribution in [0.5, 0.6) is 0 Å². The van der Waals surface area contributed by atoms with E-state index in [9.17, 15) is 9.65 Å². The summed E-state index contributed by atoms with van der Waals surface area (Å²) in [7, 11) is 0. The molecule has 0 spiro atoms. The Balaban J connectivity index is 3.25. The van der Waals surface area contributed by atoms with Crippen LogP contribution in [0.1, 0.15) is 32.3 Å². The number of hydrogen-bond acceptors (Lipinski definition) is 1. The van der Waals surface area contributed by atoms with Gasteiger partial charge in [0.05, 0.1) is 16.0 Å². The smallest absolute Gasteiger partial charge is 0.137 e. The SMILES string of the molecule is CCC(C#N)(CC)c1ccc(Br)c(F)c1. The number of nitriles is 1. The molecule has 1 rings (SSSR count). The number of nitrogens with zero attached hydrogens (tertiary/aromatic N) is 1. The summed E-state index contributed by atoms with van der Waals surface area (Å²) in [6.07, 6.45) is 1.39. The van der Waals surface area contributed by atoms with Gasteiger partial charge in [-0.15, -0.1) is 0 Å². The molecule has 0 atom stereocenters. The minimum Gasteiger partial charge on any atom is -0.206 e. The fourth-order valence-electron chi connectivity index (χ4n) is 1.67. The molecule has 0 radical (unpaired) electrons. The van der Waals surface area contributed by atoms with Crippen LogP contribution in [0.25, 0.3) is 0 Å². The largest absolute Gasteiger partial charge is 0.206 e. The first kappa shape index (κ1) is 12.2. The van der Waals surface area contributed by atoms with E-state index < -0.39 is 5.41 Å². The molecule has 0 heterocycles. The Labute approximate surface area is 98.0 Å². The summed E-state index contributed by atoms with van der Waals surface area (Å²) in [5.41, 5.74) is 0.206. The lowest BCUT2D eigenvalue weighted by Crippen LogP contribution is -2.22. The maximum atomic E-state index is 13.4. The van der Waals surface area contributed by atoms with Crippen LogP contribution in [-0.2, 0) is 5.41 Å². The van der Waals surface area contributed by atoms with Crippen molar-refractivity contribution in [2.75, 3.05) is 0 Å². The number of halogens is 2. The third kappa shape index (κ3) is 2.21. The van der Waals surface area contributed by atoms with Gasteiger partial charge in [0.2, 0.25) is 0 Å². The first-order valence-corrected chi connectivity index (χ1v) is 5.75.